The van der Waals surface area contributed by atoms with Gasteiger partial charge >= 0.3 is 0 Å². The van der Waals surface area contributed by atoms with Crippen molar-refractivity contribution in [3.63, 3.8) is 0 Å². The molecule has 9 heavy (non-hydrogen) atoms. The van der Waals surface area contributed by atoms with Crippen molar-refractivity contribution in [3.05, 3.63) is 6.42 Å². The second kappa shape index (κ2) is 7.92. The Bertz CT molecular complexity index is 40.2. The predicted molar refractivity (Wildman–Crippen MR) is 41.4 cm³/mol. The Morgan fingerprint density at radius 2 is 2.11 bits per heavy atom. The Balaban J connectivity index is 2.60. The zero-order chi connectivity index (χ0) is 6.95. The van der Waals surface area contributed by atoms with Gasteiger partial charge in [0.2, 0.25) is 0 Å². The van der Waals surface area contributed by atoms with Crippen LogP contribution in [0.1, 0.15) is 13.3 Å². The summed E-state index contributed by atoms with van der Waals surface area (Å²) in [6.45, 7) is 5.31. The van der Waals surface area contributed by atoms with Gasteiger partial charge in [-0.25, -0.2) is 0 Å². The molecule has 0 heterocycles. The lowest BCUT2D eigenvalue weighted by atomic mass is 10.3. The SMILES string of the molecule is CC[CH]CNCCNC. The third kappa shape index (κ3) is 7.92. The highest BCUT2D eigenvalue weighted by Crippen LogP contribution is 1.78. The van der Waals surface area contributed by atoms with Crippen LogP contribution in [0.3, 0.4) is 0 Å². The van der Waals surface area contributed by atoms with Gasteiger partial charge < -0.3 is 10.6 Å². The number of likely N-dealkylation sites (N-methyl/N-ethyl adjacent to an activating group) is 1. The van der Waals surface area contributed by atoms with Gasteiger partial charge in [-0.15, -0.1) is 0 Å². The average molecular weight is 129 g/mol. The van der Waals surface area contributed by atoms with Crippen molar-refractivity contribution in [2.24, 2.45) is 0 Å². The molecule has 0 bridgehead atoms. The molecular weight excluding hydrogens is 112 g/mol. The molecule has 0 aromatic heterocycles. The Hall–Kier alpha value is -0.0800. The molecule has 0 amide bonds. The molecule has 0 rings (SSSR count). The summed E-state index contributed by atoms with van der Waals surface area (Å²) in [5, 5.41) is 6.34. The van der Waals surface area contributed by atoms with Crippen molar-refractivity contribution in [3.8, 4) is 0 Å². The molecule has 55 valence electrons. The summed E-state index contributed by atoms with van der Waals surface area (Å²) in [7, 11) is 1.96. The first kappa shape index (κ1) is 8.92. The Morgan fingerprint density at radius 1 is 1.33 bits per heavy atom. The average Bonchev–Trinajstić information content (AvgIpc) is 1.89. The van der Waals surface area contributed by atoms with E-state index >= 15 is 0 Å². The van der Waals surface area contributed by atoms with Crippen LogP contribution < -0.4 is 10.6 Å². The van der Waals surface area contributed by atoms with E-state index in [0.717, 1.165) is 26.1 Å². The summed E-state index contributed by atoms with van der Waals surface area (Å²) in [6, 6.07) is 0. The smallest absolute Gasteiger partial charge is 0.00767 e. The summed E-state index contributed by atoms with van der Waals surface area (Å²) in [5.74, 6) is 0. The van der Waals surface area contributed by atoms with Gasteiger partial charge in [0, 0.05) is 13.1 Å². The zero-order valence-corrected chi connectivity index (χ0v) is 6.41. The second-order valence-corrected chi connectivity index (χ2v) is 2.00. The van der Waals surface area contributed by atoms with Gasteiger partial charge in [0.15, 0.2) is 0 Å². The van der Waals surface area contributed by atoms with Crippen molar-refractivity contribution in [2.45, 2.75) is 13.3 Å². The summed E-state index contributed by atoms with van der Waals surface area (Å²) in [6.07, 6.45) is 3.39. The lowest BCUT2D eigenvalue weighted by Crippen LogP contribution is -2.25. The lowest BCUT2D eigenvalue weighted by molar-refractivity contribution is 0.671. The molecular formula is C7H17N2. The van der Waals surface area contributed by atoms with Crippen LogP contribution in [0.15, 0.2) is 0 Å². The van der Waals surface area contributed by atoms with E-state index in [0.29, 0.717) is 0 Å². The van der Waals surface area contributed by atoms with Gasteiger partial charge in [-0.05, 0) is 20.0 Å². The third-order valence-electron chi connectivity index (χ3n) is 1.13. The molecule has 0 aliphatic carbocycles. The van der Waals surface area contributed by atoms with Crippen LogP contribution >= 0.6 is 0 Å². The van der Waals surface area contributed by atoms with Crippen molar-refractivity contribution in [1.82, 2.24) is 10.6 Å². The van der Waals surface area contributed by atoms with Gasteiger partial charge in [0.1, 0.15) is 0 Å². The van der Waals surface area contributed by atoms with Gasteiger partial charge in [-0.1, -0.05) is 13.3 Å². The standard InChI is InChI=1S/C7H17N2/c1-3-4-5-9-7-6-8-2/h4,8-9H,3,5-7H2,1-2H3. The maximum atomic E-state index is 3.27. The van der Waals surface area contributed by atoms with Crippen LogP contribution in [0.2, 0.25) is 0 Å². The van der Waals surface area contributed by atoms with E-state index in [1.165, 1.54) is 0 Å². The van der Waals surface area contributed by atoms with Crippen molar-refractivity contribution >= 4 is 0 Å². The Kier molecular flexibility index (Phi) is 7.85. The number of hydrogen-bond acceptors (Lipinski definition) is 2. The highest BCUT2D eigenvalue weighted by Gasteiger charge is 1.82. The topological polar surface area (TPSA) is 24.1 Å². The minimum atomic E-state index is 1.04. The molecule has 0 aromatic carbocycles. The van der Waals surface area contributed by atoms with Crippen LogP contribution in [-0.4, -0.2) is 26.7 Å². The summed E-state index contributed by atoms with van der Waals surface area (Å²) < 4.78 is 0. The molecule has 0 aliphatic rings. The van der Waals surface area contributed by atoms with E-state index in [-0.39, 0.29) is 0 Å². The van der Waals surface area contributed by atoms with E-state index in [4.69, 9.17) is 0 Å². The zero-order valence-electron chi connectivity index (χ0n) is 6.41. The first-order valence-corrected chi connectivity index (χ1v) is 3.58. The maximum absolute atomic E-state index is 3.27. The normalized spacial score (nSPS) is 10.0. The molecule has 0 saturated carbocycles. The van der Waals surface area contributed by atoms with Crippen LogP contribution in [0.25, 0.3) is 0 Å². The number of hydrogen-bond donors (Lipinski definition) is 2. The molecule has 0 aliphatic heterocycles. The van der Waals surface area contributed by atoms with E-state index < -0.39 is 0 Å². The Morgan fingerprint density at radius 3 is 2.67 bits per heavy atom. The predicted octanol–water partition coefficient (Wildman–Crippen LogP) is 0.410. The number of nitrogens with one attached hydrogen (secondary N) is 2. The van der Waals surface area contributed by atoms with Crippen molar-refractivity contribution in [2.75, 3.05) is 26.7 Å². The second-order valence-electron chi connectivity index (χ2n) is 2.00. The molecule has 1 radical (unpaired) electrons. The van der Waals surface area contributed by atoms with Crippen LogP contribution in [0.5, 0.6) is 0 Å². The molecule has 2 N–H and O–H groups in total. The minimum absolute atomic E-state index is 1.04. The molecule has 2 nitrogen and oxygen atoms in total. The van der Waals surface area contributed by atoms with E-state index in [2.05, 4.69) is 24.0 Å². The van der Waals surface area contributed by atoms with Crippen molar-refractivity contribution in [1.29, 1.82) is 0 Å². The fraction of sp³-hybridized carbons (Fsp3) is 0.857. The minimum Gasteiger partial charge on any atom is -0.318 e. The number of rotatable bonds is 6. The largest absolute Gasteiger partial charge is 0.318 e. The fourth-order valence-electron chi connectivity index (χ4n) is 0.562. The third-order valence-corrected chi connectivity index (χ3v) is 1.13. The molecule has 2 heteroatoms. The quantitative estimate of drug-likeness (QED) is 0.508. The number of unbranched alkanes of at least 4 members (excludes halogenated alkanes) is 1. The first-order chi connectivity index (χ1) is 4.41. The van der Waals surface area contributed by atoms with Crippen LogP contribution in [-0.2, 0) is 0 Å². The van der Waals surface area contributed by atoms with Crippen LogP contribution in [0.4, 0.5) is 0 Å². The highest BCUT2D eigenvalue weighted by atomic mass is 14.9. The highest BCUT2D eigenvalue weighted by molar-refractivity contribution is 4.64. The fourth-order valence-corrected chi connectivity index (χ4v) is 0.562. The van der Waals surface area contributed by atoms with Gasteiger partial charge in [-0.3, -0.25) is 0 Å². The molecule has 0 spiro atoms. The molecule has 0 saturated heterocycles. The summed E-state index contributed by atoms with van der Waals surface area (Å²) >= 11 is 0. The monoisotopic (exact) mass is 129 g/mol. The van der Waals surface area contributed by atoms with Crippen molar-refractivity contribution < 1.29 is 0 Å². The summed E-state index contributed by atoms with van der Waals surface area (Å²) in [5.41, 5.74) is 0. The van der Waals surface area contributed by atoms with Gasteiger partial charge in [0.25, 0.3) is 0 Å². The van der Waals surface area contributed by atoms with Gasteiger partial charge in [-0.2, -0.15) is 0 Å². The van der Waals surface area contributed by atoms with Crippen LogP contribution in [0, 0.1) is 6.42 Å². The molecule has 0 unspecified atom stereocenters. The van der Waals surface area contributed by atoms with E-state index in [1.54, 1.807) is 0 Å². The van der Waals surface area contributed by atoms with E-state index in [9.17, 15) is 0 Å². The molecule has 0 atom stereocenters. The summed E-state index contributed by atoms with van der Waals surface area (Å²) in [4.78, 5) is 0. The first-order valence-electron chi connectivity index (χ1n) is 3.58. The lowest BCUT2D eigenvalue weighted by Gasteiger charge is -2.00. The molecule has 0 aromatic rings. The van der Waals surface area contributed by atoms with Gasteiger partial charge in [0.05, 0.1) is 0 Å². The maximum Gasteiger partial charge on any atom is 0.00767 e. The van der Waals surface area contributed by atoms with E-state index in [1.807, 2.05) is 7.05 Å². The molecule has 0 fully saturated rings. The Labute approximate surface area is 58.0 Å².